The molecular formula is C8H9Br. The minimum atomic E-state index is 0.870. The fraction of sp³-hybridized carbons (Fsp3) is 0.500. The number of halogens is 1. The number of fused-ring (bicyclic) bond motifs is 1. The van der Waals surface area contributed by atoms with Crippen molar-refractivity contribution in [3.8, 4) is 0 Å². The summed E-state index contributed by atoms with van der Waals surface area (Å²) in [6.07, 6.45) is 8.22. The maximum Gasteiger partial charge on any atom is -0.0122 e. The topological polar surface area (TPSA) is 0 Å². The molecule has 9 heavy (non-hydrogen) atoms. The van der Waals surface area contributed by atoms with Crippen molar-refractivity contribution in [2.24, 2.45) is 17.8 Å². The summed E-state index contributed by atoms with van der Waals surface area (Å²) in [7, 11) is 0. The molecule has 1 heteroatoms. The third-order valence-electron chi connectivity index (χ3n) is 2.35. The van der Waals surface area contributed by atoms with Gasteiger partial charge in [-0.25, -0.2) is 0 Å². The summed E-state index contributed by atoms with van der Waals surface area (Å²) < 4.78 is 0. The highest BCUT2D eigenvalue weighted by Gasteiger charge is 2.47. The molecule has 0 bridgehead atoms. The van der Waals surface area contributed by atoms with Gasteiger partial charge >= 0.3 is 0 Å². The molecule has 0 nitrogen and oxygen atoms in total. The summed E-state index contributed by atoms with van der Waals surface area (Å²) in [5.74, 6) is 2.74. The van der Waals surface area contributed by atoms with E-state index in [0.29, 0.717) is 0 Å². The number of hydrogen-bond donors (Lipinski definition) is 0. The molecule has 3 atom stereocenters. The van der Waals surface area contributed by atoms with E-state index in [-0.39, 0.29) is 0 Å². The van der Waals surface area contributed by atoms with Gasteiger partial charge in [0.25, 0.3) is 0 Å². The smallest absolute Gasteiger partial charge is 0.0122 e. The van der Waals surface area contributed by atoms with Gasteiger partial charge in [0.1, 0.15) is 0 Å². The van der Waals surface area contributed by atoms with E-state index in [9.17, 15) is 0 Å². The predicted octanol–water partition coefficient (Wildman–Crippen LogP) is 2.72. The molecule has 0 radical (unpaired) electrons. The van der Waals surface area contributed by atoms with Crippen LogP contribution >= 0.6 is 15.9 Å². The molecule has 48 valence electrons. The molecule has 0 saturated heterocycles. The SMILES string of the molecule is Br/C=C\C1C2C=CCC21. The predicted molar refractivity (Wildman–Crippen MR) is 42.3 cm³/mol. The van der Waals surface area contributed by atoms with Gasteiger partial charge in [-0.3, -0.25) is 0 Å². The Hall–Kier alpha value is -0.0400. The minimum absolute atomic E-state index is 0.870. The molecule has 2 rings (SSSR count). The summed E-state index contributed by atoms with van der Waals surface area (Å²) in [6, 6.07) is 0. The van der Waals surface area contributed by atoms with E-state index in [1.807, 2.05) is 4.99 Å². The third-order valence-corrected chi connectivity index (χ3v) is 2.66. The number of allylic oxidation sites excluding steroid dienone is 3. The van der Waals surface area contributed by atoms with Gasteiger partial charge in [-0.2, -0.15) is 0 Å². The van der Waals surface area contributed by atoms with Crippen molar-refractivity contribution >= 4 is 15.9 Å². The van der Waals surface area contributed by atoms with Crippen molar-refractivity contribution in [3.63, 3.8) is 0 Å². The highest BCUT2D eigenvalue weighted by atomic mass is 79.9. The van der Waals surface area contributed by atoms with Crippen LogP contribution in [0.15, 0.2) is 23.2 Å². The molecule has 0 spiro atoms. The van der Waals surface area contributed by atoms with Gasteiger partial charge in [-0.15, -0.1) is 0 Å². The summed E-state index contributed by atoms with van der Waals surface area (Å²) >= 11 is 3.29. The van der Waals surface area contributed by atoms with Gasteiger partial charge in [0.05, 0.1) is 0 Å². The number of rotatable bonds is 1. The van der Waals surface area contributed by atoms with Gasteiger partial charge in [-0.05, 0) is 29.2 Å². The second-order valence-corrected chi connectivity index (χ2v) is 3.33. The van der Waals surface area contributed by atoms with Crippen LogP contribution in [0.1, 0.15) is 6.42 Å². The normalized spacial score (nSPS) is 46.1. The van der Waals surface area contributed by atoms with Crippen LogP contribution in [0.2, 0.25) is 0 Å². The number of hydrogen-bond acceptors (Lipinski definition) is 0. The van der Waals surface area contributed by atoms with Crippen molar-refractivity contribution < 1.29 is 0 Å². The van der Waals surface area contributed by atoms with E-state index in [1.54, 1.807) is 0 Å². The molecule has 2 aliphatic carbocycles. The Morgan fingerprint density at radius 3 is 3.00 bits per heavy atom. The van der Waals surface area contributed by atoms with Crippen LogP contribution in [0.25, 0.3) is 0 Å². The zero-order chi connectivity index (χ0) is 6.27. The van der Waals surface area contributed by atoms with E-state index < -0.39 is 0 Å². The monoisotopic (exact) mass is 184 g/mol. The van der Waals surface area contributed by atoms with Crippen LogP contribution < -0.4 is 0 Å². The third kappa shape index (κ3) is 0.787. The zero-order valence-corrected chi connectivity index (χ0v) is 6.71. The first-order valence-electron chi connectivity index (χ1n) is 3.37. The first-order valence-corrected chi connectivity index (χ1v) is 4.28. The van der Waals surface area contributed by atoms with Gasteiger partial charge < -0.3 is 0 Å². The lowest BCUT2D eigenvalue weighted by molar-refractivity contribution is 0.814. The Morgan fingerprint density at radius 2 is 2.44 bits per heavy atom. The van der Waals surface area contributed by atoms with Crippen molar-refractivity contribution in [2.75, 3.05) is 0 Å². The lowest BCUT2D eigenvalue weighted by Gasteiger charge is -1.85. The van der Waals surface area contributed by atoms with E-state index in [1.165, 1.54) is 6.42 Å². The quantitative estimate of drug-likeness (QED) is 0.551. The molecule has 0 heterocycles. The second kappa shape index (κ2) is 1.98. The van der Waals surface area contributed by atoms with Crippen LogP contribution in [0, 0.1) is 17.8 Å². The van der Waals surface area contributed by atoms with Gasteiger partial charge in [-0.1, -0.05) is 34.2 Å². The van der Waals surface area contributed by atoms with E-state index in [4.69, 9.17) is 0 Å². The Labute approximate surface area is 63.8 Å². The zero-order valence-electron chi connectivity index (χ0n) is 5.13. The summed E-state index contributed by atoms with van der Waals surface area (Å²) in [5.41, 5.74) is 0. The Balaban J connectivity index is 2.02. The lowest BCUT2D eigenvalue weighted by atomic mass is 10.2. The molecule has 0 aromatic carbocycles. The van der Waals surface area contributed by atoms with E-state index in [0.717, 1.165) is 17.8 Å². The highest BCUT2D eigenvalue weighted by molar-refractivity contribution is 9.11. The Bertz CT molecular complexity index is 169. The first kappa shape index (κ1) is 5.72. The highest BCUT2D eigenvalue weighted by Crippen LogP contribution is 2.54. The molecule has 0 aliphatic heterocycles. The van der Waals surface area contributed by atoms with Crippen molar-refractivity contribution in [2.45, 2.75) is 6.42 Å². The molecule has 3 unspecified atom stereocenters. The van der Waals surface area contributed by atoms with Crippen LogP contribution in [0.4, 0.5) is 0 Å². The molecule has 0 amide bonds. The molecule has 1 saturated carbocycles. The van der Waals surface area contributed by atoms with Crippen molar-refractivity contribution in [3.05, 3.63) is 23.2 Å². The van der Waals surface area contributed by atoms with Crippen LogP contribution in [-0.4, -0.2) is 0 Å². The first-order chi connectivity index (χ1) is 4.43. The van der Waals surface area contributed by atoms with Gasteiger partial charge in [0.2, 0.25) is 0 Å². The fourth-order valence-electron chi connectivity index (χ4n) is 1.76. The Morgan fingerprint density at radius 1 is 1.56 bits per heavy atom. The second-order valence-electron chi connectivity index (χ2n) is 2.80. The molecule has 1 fully saturated rings. The lowest BCUT2D eigenvalue weighted by Crippen LogP contribution is -1.74. The van der Waals surface area contributed by atoms with Crippen LogP contribution in [0.5, 0.6) is 0 Å². The average Bonchev–Trinajstić information content (AvgIpc) is 2.39. The molecular weight excluding hydrogens is 176 g/mol. The van der Waals surface area contributed by atoms with E-state index in [2.05, 4.69) is 34.2 Å². The summed E-state index contributed by atoms with van der Waals surface area (Å²) in [6.45, 7) is 0. The summed E-state index contributed by atoms with van der Waals surface area (Å²) in [4.78, 5) is 1.99. The average molecular weight is 185 g/mol. The van der Waals surface area contributed by atoms with E-state index >= 15 is 0 Å². The van der Waals surface area contributed by atoms with Crippen LogP contribution in [0.3, 0.4) is 0 Å². The molecule has 2 aliphatic rings. The maximum atomic E-state index is 3.29. The van der Waals surface area contributed by atoms with Crippen LogP contribution in [-0.2, 0) is 0 Å². The van der Waals surface area contributed by atoms with Crippen molar-refractivity contribution in [1.29, 1.82) is 0 Å². The molecule has 0 N–H and O–H groups in total. The largest absolute Gasteiger partial charge is 0.0879 e. The fourth-order valence-corrected chi connectivity index (χ4v) is 2.11. The minimum Gasteiger partial charge on any atom is -0.0879 e. The maximum absolute atomic E-state index is 3.29. The molecule has 0 aromatic rings. The van der Waals surface area contributed by atoms with Gasteiger partial charge in [0, 0.05) is 0 Å². The standard InChI is InChI=1S/C8H9Br/c9-5-4-8-6-2-1-3-7(6)8/h1-2,4-8H,3H2/b5-4-. The molecule has 0 aromatic heterocycles. The van der Waals surface area contributed by atoms with Crippen molar-refractivity contribution in [1.82, 2.24) is 0 Å². The summed E-state index contributed by atoms with van der Waals surface area (Å²) in [5, 5.41) is 0. The Kier molecular flexibility index (Phi) is 1.26. The van der Waals surface area contributed by atoms with Gasteiger partial charge in [0.15, 0.2) is 0 Å².